The van der Waals surface area contributed by atoms with Crippen LogP contribution in [0.15, 0.2) is 48.5 Å². The number of ether oxygens (including phenoxy) is 1. The van der Waals surface area contributed by atoms with E-state index in [9.17, 15) is 9.90 Å². The molecule has 28 heavy (non-hydrogen) atoms. The summed E-state index contributed by atoms with van der Waals surface area (Å²) in [6.45, 7) is 7.20. The van der Waals surface area contributed by atoms with Gasteiger partial charge in [-0.05, 0) is 52.3 Å². The van der Waals surface area contributed by atoms with Crippen molar-refractivity contribution in [1.82, 2.24) is 5.32 Å². The van der Waals surface area contributed by atoms with Crippen molar-refractivity contribution in [1.29, 1.82) is 0 Å². The van der Waals surface area contributed by atoms with Crippen LogP contribution in [-0.2, 0) is 11.3 Å². The molecule has 0 atom stereocenters. The van der Waals surface area contributed by atoms with Crippen molar-refractivity contribution in [2.45, 2.75) is 51.9 Å². The zero-order chi connectivity index (χ0) is 20.1. The fourth-order valence-corrected chi connectivity index (χ4v) is 3.65. The predicted octanol–water partition coefficient (Wildman–Crippen LogP) is 4.34. The van der Waals surface area contributed by atoms with Crippen molar-refractivity contribution in [2.75, 3.05) is 18.0 Å². The van der Waals surface area contributed by atoms with Crippen molar-refractivity contribution in [2.24, 2.45) is 0 Å². The number of aliphatic hydroxyl groups excluding tert-OH is 1. The van der Waals surface area contributed by atoms with Gasteiger partial charge in [-0.3, -0.25) is 4.90 Å². The minimum absolute atomic E-state index is 0.0197. The van der Waals surface area contributed by atoms with Crippen LogP contribution in [0.2, 0.25) is 0 Å². The first-order valence-corrected chi connectivity index (χ1v) is 9.92. The number of amides is 1. The topological polar surface area (TPSA) is 61.8 Å². The fourth-order valence-electron chi connectivity index (χ4n) is 3.65. The van der Waals surface area contributed by atoms with Crippen LogP contribution < -0.4 is 10.2 Å². The summed E-state index contributed by atoms with van der Waals surface area (Å²) in [4.78, 5) is 15.1. The SMILES string of the molecule is CC(C)(C)OC(=O)N(c1c(CO)cccc1-c1ccccc1)C1CCNCC1. The first-order valence-electron chi connectivity index (χ1n) is 9.92. The maximum atomic E-state index is 13.3. The van der Waals surface area contributed by atoms with Gasteiger partial charge in [-0.15, -0.1) is 0 Å². The number of para-hydroxylation sites is 1. The molecule has 1 amide bonds. The second kappa shape index (κ2) is 8.76. The Bertz CT molecular complexity index is 793. The van der Waals surface area contributed by atoms with Crippen LogP contribution in [0, 0.1) is 0 Å². The number of nitrogens with zero attached hydrogens (tertiary/aromatic N) is 1. The van der Waals surface area contributed by atoms with Gasteiger partial charge >= 0.3 is 6.09 Å². The van der Waals surface area contributed by atoms with Crippen molar-refractivity contribution in [3.63, 3.8) is 0 Å². The number of nitrogens with one attached hydrogen (secondary N) is 1. The maximum absolute atomic E-state index is 13.3. The van der Waals surface area contributed by atoms with Gasteiger partial charge in [0.1, 0.15) is 5.60 Å². The summed E-state index contributed by atoms with van der Waals surface area (Å²) in [7, 11) is 0. The highest BCUT2D eigenvalue weighted by Crippen LogP contribution is 2.37. The van der Waals surface area contributed by atoms with E-state index in [0.29, 0.717) is 0 Å². The standard InChI is InChI=1S/C23H30N2O3/c1-23(2,3)28-22(27)25(19-12-14-24-15-13-19)21-18(16-26)10-7-11-20(21)17-8-5-4-6-9-17/h4-11,19,24,26H,12-16H2,1-3H3. The number of aliphatic hydroxyl groups is 1. The van der Waals surface area contributed by atoms with Crippen LogP contribution in [0.1, 0.15) is 39.2 Å². The van der Waals surface area contributed by atoms with Gasteiger partial charge in [0.05, 0.1) is 12.3 Å². The lowest BCUT2D eigenvalue weighted by atomic mass is 9.96. The molecular weight excluding hydrogens is 352 g/mol. The fraction of sp³-hybridized carbons (Fsp3) is 0.435. The highest BCUT2D eigenvalue weighted by atomic mass is 16.6. The second-order valence-electron chi connectivity index (χ2n) is 8.17. The number of hydrogen-bond donors (Lipinski definition) is 2. The van der Waals surface area contributed by atoms with Gasteiger partial charge in [0, 0.05) is 17.2 Å². The Kier molecular flexibility index (Phi) is 6.37. The van der Waals surface area contributed by atoms with Gasteiger partial charge in [-0.25, -0.2) is 4.79 Å². The molecule has 0 unspecified atom stereocenters. The molecule has 5 nitrogen and oxygen atoms in total. The molecule has 2 aromatic rings. The predicted molar refractivity (Wildman–Crippen MR) is 112 cm³/mol. The van der Waals surface area contributed by atoms with Crippen LogP contribution in [0.3, 0.4) is 0 Å². The van der Waals surface area contributed by atoms with Crippen molar-refractivity contribution in [3.8, 4) is 11.1 Å². The summed E-state index contributed by atoms with van der Waals surface area (Å²) in [6, 6.07) is 15.8. The first-order chi connectivity index (χ1) is 13.4. The van der Waals surface area contributed by atoms with E-state index in [1.807, 2.05) is 69.3 Å². The van der Waals surface area contributed by atoms with Gasteiger partial charge in [0.2, 0.25) is 0 Å². The maximum Gasteiger partial charge on any atom is 0.415 e. The zero-order valence-corrected chi connectivity index (χ0v) is 16.9. The van der Waals surface area contributed by atoms with Crippen LogP contribution in [0.4, 0.5) is 10.5 Å². The van der Waals surface area contributed by atoms with Crippen molar-refractivity contribution < 1.29 is 14.6 Å². The van der Waals surface area contributed by atoms with Gasteiger partial charge in [-0.2, -0.15) is 0 Å². The van der Waals surface area contributed by atoms with E-state index in [4.69, 9.17) is 4.74 Å². The Morgan fingerprint density at radius 2 is 1.79 bits per heavy atom. The molecule has 1 heterocycles. The molecule has 0 saturated carbocycles. The third kappa shape index (κ3) is 4.72. The molecule has 0 aliphatic carbocycles. The summed E-state index contributed by atoms with van der Waals surface area (Å²) < 4.78 is 5.78. The summed E-state index contributed by atoms with van der Waals surface area (Å²) in [5.74, 6) is 0. The van der Waals surface area contributed by atoms with Crippen LogP contribution in [0.5, 0.6) is 0 Å². The minimum Gasteiger partial charge on any atom is -0.443 e. The highest BCUT2D eigenvalue weighted by Gasteiger charge is 2.33. The van der Waals surface area contributed by atoms with E-state index in [0.717, 1.165) is 48.3 Å². The molecule has 0 aromatic heterocycles. The summed E-state index contributed by atoms with van der Waals surface area (Å²) in [6.07, 6.45) is 1.32. The Morgan fingerprint density at radius 3 is 2.39 bits per heavy atom. The minimum atomic E-state index is -0.594. The largest absolute Gasteiger partial charge is 0.443 e. The van der Waals surface area contributed by atoms with Crippen molar-refractivity contribution in [3.05, 3.63) is 54.1 Å². The Hall–Kier alpha value is -2.37. The summed E-state index contributed by atoms with van der Waals surface area (Å²) in [5, 5.41) is 13.4. The lowest BCUT2D eigenvalue weighted by Crippen LogP contribution is -2.48. The molecular formula is C23H30N2O3. The van der Waals surface area contributed by atoms with E-state index in [-0.39, 0.29) is 18.7 Å². The molecule has 2 N–H and O–H groups in total. The number of benzene rings is 2. The number of anilines is 1. The molecule has 1 aliphatic heterocycles. The average Bonchev–Trinajstić information content (AvgIpc) is 2.68. The quantitative estimate of drug-likeness (QED) is 0.826. The summed E-state index contributed by atoms with van der Waals surface area (Å²) >= 11 is 0. The molecule has 1 saturated heterocycles. The van der Waals surface area contributed by atoms with Crippen molar-refractivity contribution >= 4 is 11.8 Å². The molecule has 1 fully saturated rings. The molecule has 2 aromatic carbocycles. The average molecular weight is 383 g/mol. The Balaban J connectivity index is 2.14. The Labute approximate surface area is 167 Å². The summed E-state index contributed by atoms with van der Waals surface area (Å²) in [5.41, 5.74) is 2.82. The van der Waals surface area contributed by atoms with E-state index in [2.05, 4.69) is 5.32 Å². The number of carbonyl (C=O) groups is 1. The third-order valence-electron chi connectivity index (χ3n) is 4.88. The first kappa shape index (κ1) is 20.4. The zero-order valence-electron chi connectivity index (χ0n) is 16.9. The van der Waals surface area contributed by atoms with E-state index in [1.165, 1.54) is 0 Å². The van der Waals surface area contributed by atoms with E-state index >= 15 is 0 Å². The molecule has 1 aliphatic rings. The lowest BCUT2D eigenvalue weighted by molar-refractivity contribution is 0.0559. The third-order valence-corrected chi connectivity index (χ3v) is 4.88. The highest BCUT2D eigenvalue weighted by molar-refractivity contribution is 5.96. The molecule has 3 rings (SSSR count). The molecule has 5 heteroatoms. The number of rotatable bonds is 4. The molecule has 0 radical (unpaired) electrons. The number of piperidine rings is 1. The van der Waals surface area contributed by atoms with Crippen LogP contribution in [-0.4, -0.2) is 35.9 Å². The molecule has 150 valence electrons. The molecule has 0 spiro atoms. The van der Waals surface area contributed by atoms with E-state index < -0.39 is 5.60 Å². The number of carbonyl (C=O) groups excluding carboxylic acids is 1. The molecule has 0 bridgehead atoms. The van der Waals surface area contributed by atoms with Gasteiger partial charge in [-0.1, -0.05) is 48.5 Å². The second-order valence-corrected chi connectivity index (χ2v) is 8.17. The lowest BCUT2D eigenvalue weighted by Gasteiger charge is -2.37. The monoisotopic (exact) mass is 382 g/mol. The van der Waals surface area contributed by atoms with Crippen LogP contribution in [0.25, 0.3) is 11.1 Å². The smallest absolute Gasteiger partial charge is 0.415 e. The van der Waals surface area contributed by atoms with E-state index in [1.54, 1.807) is 4.90 Å². The van der Waals surface area contributed by atoms with Gasteiger partial charge < -0.3 is 15.2 Å². The number of hydrogen-bond acceptors (Lipinski definition) is 4. The van der Waals surface area contributed by atoms with Gasteiger partial charge in [0.25, 0.3) is 0 Å². The van der Waals surface area contributed by atoms with Crippen LogP contribution >= 0.6 is 0 Å². The normalized spacial score (nSPS) is 15.3. The Morgan fingerprint density at radius 1 is 1.11 bits per heavy atom. The van der Waals surface area contributed by atoms with Gasteiger partial charge in [0.15, 0.2) is 0 Å².